The second-order valence-electron chi connectivity index (χ2n) is 5.26. The number of nitrogens with one attached hydrogen (secondary N) is 1. The van der Waals surface area contributed by atoms with Gasteiger partial charge in [-0.3, -0.25) is 4.79 Å². The first-order valence-electron chi connectivity index (χ1n) is 7.28. The summed E-state index contributed by atoms with van der Waals surface area (Å²) in [5.74, 6) is 0.294. The highest BCUT2D eigenvalue weighted by Crippen LogP contribution is 2.28. The molecule has 0 bridgehead atoms. The molecule has 1 aliphatic heterocycles. The highest BCUT2D eigenvalue weighted by molar-refractivity contribution is 7.09. The Kier molecular flexibility index (Phi) is 4.99. The molecule has 1 aromatic rings. The van der Waals surface area contributed by atoms with Crippen LogP contribution in [0.2, 0.25) is 0 Å². The van der Waals surface area contributed by atoms with Crippen molar-refractivity contribution in [2.24, 2.45) is 0 Å². The van der Waals surface area contributed by atoms with Gasteiger partial charge in [-0.25, -0.2) is 0 Å². The van der Waals surface area contributed by atoms with Crippen molar-refractivity contribution < 1.29 is 4.79 Å². The molecule has 0 aliphatic carbocycles. The van der Waals surface area contributed by atoms with Gasteiger partial charge in [-0.05, 0) is 44.2 Å². The molecule has 106 valence electrons. The fourth-order valence-corrected chi connectivity index (χ4v) is 3.68. The van der Waals surface area contributed by atoms with E-state index >= 15 is 0 Å². The van der Waals surface area contributed by atoms with Crippen LogP contribution in [0.4, 0.5) is 0 Å². The molecule has 1 unspecified atom stereocenters. The van der Waals surface area contributed by atoms with Gasteiger partial charge in [0.05, 0.1) is 12.1 Å². The summed E-state index contributed by atoms with van der Waals surface area (Å²) in [6, 6.07) is 4.16. The van der Waals surface area contributed by atoms with E-state index < -0.39 is 0 Å². The van der Waals surface area contributed by atoms with E-state index in [0.717, 1.165) is 45.3 Å². The Labute approximate surface area is 120 Å². The van der Waals surface area contributed by atoms with Gasteiger partial charge in [-0.2, -0.15) is 0 Å². The number of nitrogens with zero attached hydrogens (tertiary/aromatic N) is 1. The lowest BCUT2D eigenvalue weighted by molar-refractivity contribution is -0.138. The number of rotatable bonds is 6. The number of hydrogen-bond acceptors (Lipinski definition) is 3. The molecule has 1 aliphatic rings. The van der Waals surface area contributed by atoms with Crippen LogP contribution in [0.15, 0.2) is 17.5 Å². The van der Waals surface area contributed by atoms with Crippen molar-refractivity contribution in [1.82, 2.24) is 10.2 Å². The second kappa shape index (κ2) is 6.53. The number of thiophene rings is 1. The summed E-state index contributed by atoms with van der Waals surface area (Å²) >= 11 is 1.72. The van der Waals surface area contributed by atoms with Crippen molar-refractivity contribution in [1.29, 1.82) is 0 Å². The molecule has 1 N–H and O–H groups in total. The zero-order chi connectivity index (χ0) is 13.7. The molecule has 19 heavy (non-hydrogen) atoms. The molecular weight excluding hydrogens is 256 g/mol. The molecule has 0 saturated carbocycles. The first-order valence-corrected chi connectivity index (χ1v) is 8.16. The van der Waals surface area contributed by atoms with Gasteiger partial charge in [-0.15, -0.1) is 11.3 Å². The van der Waals surface area contributed by atoms with Crippen LogP contribution in [0.5, 0.6) is 0 Å². The smallest absolute Gasteiger partial charge is 0.243 e. The van der Waals surface area contributed by atoms with E-state index in [4.69, 9.17) is 0 Å². The summed E-state index contributed by atoms with van der Waals surface area (Å²) < 4.78 is 0. The molecule has 0 radical (unpaired) electrons. The van der Waals surface area contributed by atoms with Crippen molar-refractivity contribution in [3.05, 3.63) is 22.4 Å². The third-order valence-electron chi connectivity index (χ3n) is 3.93. The molecule has 0 spiro atoms. The number of carbonyl (C=O) groups excluding carboxylic acids is 1. The maximum atomic E-state index is 12.9. The van der Waals surface area contributed by atoms with Gasteiger partial charge < -0.3 is 10.2 Å². The lowest BCUT2D eigenvalue weighted by Crippen LogP contribution is -2.54. The van der Waals surface area contributed by atoms with Gasteiger partial charge in [0.2, 0.25) is 5.91 Å². The summed E-state index contributed by atoms with van der Waals surface area (Å²) in [6.45, 7) is 6.73. The largest absolute Gasteiger partial charge is 0.336 e. The zero-order valence-corrected chi connectivity index (χ0v) is 12.8. The molecule has 1 fully saturated rings. The van der Waals surface area contributed by atoms with E-state index in [1.807, 2.05) is 11.0 Å². The third kappa shape index (κ3) is 3.18. The van der Waals surface area contributed by atoms with Gasteiger partial charge >= 0.3 is 0 Å². The Morgan fingerprint density at radius 3 is 2.89 bits per heavy atom. The zero-order valence-electron chi connectivity index (χ0n) is 11.9. The molecule has 0 aromatic carbocycles. The first-order chi connectivity index (χ1) is 9.22. The minimum atomic E-state index is -0.290. The third-order valence-corrected chi connectivity index (χ3v) is 4.79. The van der Waals surface area contributed by atoms with Crippen LogP contribution < -0.4 is 5.32 Å². The number of amides is 1. The number of likely N-dealkylation sites (N-methyl/N-ethyl adjacent to an activating group) is 1. The van der Waals surface area contributed by atoms with Gasteiger partial charge in [0.25, 0.3) is 0 Å². The van der Waals surface area contributed by atoms with Crippen LogP contribution in [-0.4, -0.2) is 29.4 Å². The fourth-order valence-electron chi connectivity index (χ4n) is 2.96. The molecule has 1 saturated heterocycles. The number of hydrogen-bond donors (Lipinski definition) is 1. The van der Waals surface area contributed by atoms with Gasteiger partial charge in [0.1, 0.15) is 0 Å². The van der Waals surface area contributed by atoms with Crippen molar-refractivity contribution in [3.63, 3.8) is 0 Å². The fraction of sp³-hybridized carbons (Fsp3) is 0.667. The number of carbonyl (C=O) groups is 1. The van der Waals surface area contributed by atoms with E-state index in [9.17, 15) is 4.79 Å². The van der Waals surface area contributed by atoms with E-state index in [-0.39, 0.29) is 5.54 Å². The Hall–Kier alpha value is -0.870. The van der Waals surface area contributed by atoms with E-state index in [1.54, 1.807) is 11.3 Å². The normalized spacial score (nSPS) is 22.6. The summed E-state index contributed by atoms with van der Waals surface area (Å²) in [5.41, 5.74) is -0.290. The average Bonchev–Trinajstić information content (AvgIpc) is 3.07. The predicted molar refractivity (Wildman–Crippen MR) is 80.3 cm³/mol. The molecule has 1 amide bonds. The van der Waals surface area contributed by atoms with E-state index in [0.29, 0.717) is 5.91 Å². The van der Waals surface area contributed by atoms with E-state index in [2.05, 4.69) is 30.6 Å². The lowest BCUT2D eigenvalue weighted by Gasteiger charge is -2.34. The highest BCUT2D eigenvalue weighted by atomic mass is 32.1. The van der Waals surface area contributed by atoms with Crippen LogP contribution in [0, 0.1) is 0 Å². The average molecular weight is 280 g/mol. The Morgan fingerprint density at radius 1 is 1.53 bits per heavy atom. The van der Waals surface area contributed by atoms with Crippen LogP contribution in [-0.2, 0) is 11.3 Å². The van der Waals surface area contributed by atoms with Crippen LogP contribution in [0.25, 0.3) is 0 Å². The van der Waals surface area contributed by atoms with Gasteiger partial charge in [0.15, 0.2) is 0 Å². The molecule has 2 heterocycles. The van der Waals surface area contributed by atoms with E-state index in [1.165, 1.54) is 4.88 Å². The van der Waals surface area contributed by atoms with Crippen molar-refractivity contribution in [2.45, 2.75) is 51.6 Å². The second-order valence-corrected chi connectivity index (χ2v) is 6.29. The van der Waals surface area contributed by atoms with Crippen LogP contribution >= 0.6 is 11.3 Å². The summed E-state index contributed by atoms with van der Waals surface area (Å²) in [4.78, 5) is 16.1. The maximum Gasteiger partial charge on any atom is 0.243 e. The first kappa shape index (κ1) is 14.5. The van der Waals surface area contributed by atoms with Crippen molar-refractivity contribution in [2.75, 3.05) is 13.1 Å². The van der Waals surface area contributed by atoms with Crippen molar-refractivity contribution >= 4 is 17.2 Å². The molecule has 1 atom stereocenters. The molecule has 2 rings (SSSR count). The summed E-state index contributed by atoms with van der Waals surface area (Å²) in [6.07, 6.45) is 4.10. The minimum absolute atomic E-state index is 0.290. The van der Waals surface area contributed by atoms with Crippen LogP contribution in [0.3, 0.4) is 0 Å². The van der Waals surface area contributed by atoms with Gasteiger partial charge in [0, 0.05) is 11.4 Å². The predicted octanol–water partition coefficient (Wildman–Crippen LogP) is 3.02. The molecule has 4 heteroatoms. The Morgan fingerprint density at radius 2 is 2.37 bits per heavy atom. The topological polar surface area (TPSA) is 32.3 Å². The van der Waals surface area contributed by atoms with Crippen molar-refractivity contribution in [3.8, 4) is 0 Å². The lowest BCUT2D eigenvalue weighted by atomic mass is 9.90. The van der Waals surface area contributed by atoms with Gasteiger partial charge in [-0.1, -0.05) is 19.4 Å². The molecular formula is C15H24N2OS. The molecule has 3 nitrogen and oxygen atoms in total. The standard InChI is InChI=1S/C15H24N2OS/c1-3-8-15(9-6-10-16-15)14(18)17(4-2)12-13-7-5-11-19-13/h5,7,11,16H,3-4,6,8-10,12H2,1-2H3. The quantitative estimate of drug-likeness (QED) is 0.868. The highest BCUT2D eigenvalue weighted by Gasteiger charge is 2.42. The summed E-state index contributed by atoms with van der Waals surface area (Å²) in [7, 11) is 0. The Balaban J connectivity index is 2.10. The SMILES string of the molecule is CCCC1(C(=O)N(CC)Cc2cccs2)CCCN1. The maximum absolute atomic E-state index is 12.9. The summed E-state index contributed by atoms with van der Waals surface area (Å²) in [5, 5.41) is 5.55. The Bertz CT molecular complexity index is 396. The molecule has 1 aromatic heterocycles. The monoisotopic (exact) mass is 280 g/mol. The minimum Gasteiger partial charge on any atom is -0.336 e. The van der Waals surface area contributed by atoms with Crippen LogP contribution in [0.1, 0.15) is 44.4 Å².